The van der Waals surface area contributed by atoms with Crippen molar-refractivity contribution in [3.8, 4) is 0 Å². The Labute approximate surface area is 136 Å². The molecule has 0 spiro atoms. The average molecular weight is 317 g/mol. The topological polar surface area (TPSA) is 54.9 Å². The van der Waals surface area contributed by atoms with E-state index in [1.165, 1.54) is 16.9 Å². The number of carbonyl (C=O) groups is 1. The van der Waals surface area contributed by atoms with Gasteiger partial charge in [0, 0.05) is 0 Å². The number of hydrogen-bond acceptors (Lipinski definition) is 4. The molecule has 2 aromatic rings. The summed E-state index contributed by atoms with van der Waals surface area (Å²) < 4.78 is 0. The Kier molecular flexibility index (Phi) is 5.66. The van der Waals surface area contributed by atoms with Gasteiger partial charge in [0.1, 0.15) is 5.01 Å². The van der Waals surface area contributed by atoms with E-state index >= 15 is 0 Å². The first kappa shape index (κ1) is 16.6. The van der Waals surface area contributed by atoms with E-state index < -0.39 is 0 Å². The van der Waals surface area contributed by atoms with Gasteiger partial charge < -0.3 is 5.32 Å². The molecule has 1 amide bonds. The molecule has 0 bridgehead atoms. The summed E-state index contributed by atoms with van der Waals surface area (Å²) in [5, 5.41) is 12.4. The summed E-state index contributed by atoms with van der Waals surface area (Å²) in [7, 11) is 0. The largest absolute Gasteiger partial charge is 0.300 e. The SMILES string of the molecule is CCc1nnc(NC(=O)[C@H](C)c2ccc(CC(C)C)cc2)s1. The zero-order valence-corrected chi connectivity index (χ0v) is 14.4. The molecule has 0 aliphatic carbocycles. The number of carbonyl (C=O) groups excluding carboxylic acids is 1. The second-order valence-corrected chi connectivity index (χ2v) is 6.97. The van der Waals surface area contributed by atoms with Gasteiger partial charge in [-0.15, -0.1) is 10.2 Å². The van der Waals surface area contributed by atoms with Crippen LogP contribution in [0, 0.1) is 5.92 Å². The summed E-state index contributed by atoms with van der Waals surface area (Å²) in [6.07, 6.45) is 1.89. The maximum absolute atomic E-state index is 12.3. The zero-order valence-electron chi connectivity index (χ0n) is 13.6. The van der Waals surface area contributed by atoms with E-state index in [2.05, 4.69) is 41.5 Å². The first-order chi connectivity index (χ1) is 10.5. The minimum Gasteiger partial charge on any atom is -0.300 e. The first-order valence-electron chi connectivity index (χ1n) is 7.71. The molecule has 0 saturated carbocycles. The van der Waals surface area contributed by atoms with E-state index in [0.717, 1.165) is 23.4 Å². The molecule has 0 saturated heterocycles. The number of anilines is 1. The number of amides is 1. The van der Waals surface area contributed by atoms with E-state index in [1.54, 1.807) is 0 Å². The Morgan fingerprint density at radius 1 is 1.18 bits per heavy atom. The van der Waals surface area contributed by atoms with Crippen molar-refractivity contribution in [1.29, 1.82) is 0 Å². The van der Waals surface area contributed by atoms with Crippen molar-refractivity contribution < 1.29 is 4.79 Å². The lowest BCUT2D eigenvalue weighted by Crippen LogP contribution is -2.18. The van der Waals surface area contributed by atoms with Crippen molar-refractivity contribution in [2.75, 3.05) is 5.32 Å². The smallest absolute Gasteiger partial charge is 0.233 e. The third kappa shape index (κ3) is 4.37. The van der Waals surface area contributed by atoms with Crippen LogP contribution in [0.15, 0.2) is 24.3 Å². The molecule has 0 fully saturated rings. The Hall–Kier alpha value is -1.75. The molecule has 0 unspecified atom stereocenters. The highest BCUT2D eigenvalue weighted by atomic mass is 32.1. The Morgan fingerprint density at radius 2 is 1.86 bits per heavy atom. The van der Waals surface area contributed by atoms with Crippen LogP contribution in [0.3, 0.4) is 0 Å². The number of aryl methyl sites for hydroxylation is 1. The highest BCUT2D eigenvalue weighted by Crippen LogP contribution is 2.21. The van der Waals surface area contributed by atoms with Crippen molar-refractivity contribution in [3.05, 3.63) is 40.4 Å². The lowest BCUT2D eigenvalue weighted by atomic mass is 9.96. The van der Waals surface area contributed by atoms with Gasteiger partial charge in [-0.25, -0.2) is 0 Å². The van der Waals surface area contributed by atoms with Crippen molar-refractivity contribution in [2.24, 2.45) is 5.92 Å². The lowest BCUT2D eigenvalue weighted by molar-refractivity contribution is -0.117. The summed E-state index contributed by atoms with van der Waals surface area (Å²) >= 11 is 1.43. The molecule has 22 heavy (non-hydrogen) atoms. The monoisotopic (exact) mass is 317 g/mol. The molecule has 0 radical (unpaired) electrons. The van der Waals surface area contributed by atoms with Crippen LogP contribution >= 0.6 is 11.3 Å². The van der Waals surface area contributed by atoms with Gasteiger partial charge in [0.05, 0.1) is 5.92 Å². The Balaban J connectivity index is 2.00. The molecule has 1 heterocycles. The molecule has 2 rings (SSSR count). The highest BCUT2D eigenvalue weighted by Gasteiger charge is 2.17. The first-order valence-corrected chi connectivity index (χ1v) is 8.53. The van der Waals surface area contributed by atoms with Gasteiger partial charge in [-0.05, 0) is 36.8 Å². The maximum atomic E-state index is 12.3. The van der Waals surface area contributed by atoms with Crippen LogP contribution in [-0.2, 0) is 17.6 Å². The van der Waals surface area contributed by atoms with Crippen LogP contribution in [0.4, 0.5) is 5.13 Å². The normalized spacial score (nSPS) is 12.4. The predicted octanol–water partition coefficient (Wildman–Crippen LogP) is 4.04. The number of nitrogens with zero attached hydrogens (tertiary/aromatic N) is 2. The highest BCUT2D eigenvalue weighted by molar-refractivity contribution is 7.15. The molecule has 1 N–H and O–H groups in total. The van der Waals surface area contributed by atoms with Gasteiger partial charge in [-0.2, -0.15) is 0 Å². The van der Waals surface area contributed by atoms with Crippen molar-refractivity contribution >= 4 is 22.4 Å². The average Bonchev–Trinajstić information content (AvgIpc) is 2.94. The molecule has 5 heteroatoms. The van der Waals surface area contributed by atoms with Crippen molar-refractivity contribution in [1.82, 2.24) is 10.2 Å². The van der Waals surface area contributed by atoms with E-state index in [9.17, 15) is 4.79 Å². The number of aromatic nitrogens is 2. The van der Waals surface area contributed by atoms with Gasteiger partial charge in [0.2, 0.25) is 11.0 Å². The fourth-order valence-corrected chi connectivity index (χ4v) is 2.91. The number of hydrogen-bond donors (Lipinski definition) is 1. The molecule has 1 atom stereocenters. The van der Waals surface area contributed by atoms with E-state index in [1.807, 2.05) is 26.0 Å². The number of nitrogens with one attached hydrogen (secondary N) is 1. The second-order valence-electron chi connectivity index (χ2n) is 5.90. The zero-order chi connectivity index (χ0) is 16.1. The minimum absolute atomic E-state index is 0.0459. The quantitative estimate of drug-likeness (QED) is 0.874. The Bertz CT molecular complexity index is 619. The fourth-order valence-electron chi connectivity index (χ4n) is 2.23. The molecular formula is C17H23N3OS. The van der Waals surface area contributed by atoms with E-state index in [-0.39, 0.29) is 11.8 Å². The van der Waals surface area contributed by atoms with Crippen molar-refractivity contribution in [3.63, 3.8) is 0 Å². The van der Waals surface area contributed by atoms with Gasteiger partial charge in [-0.1, -0.05) is 56.4 Å². The van der Waals surface area contributed by atoms with Gasteiger partial charge in [0.15, 0.2) is 0 Å². The molecule has 4 nitrogen and oxygen atoms in total. The summed E-state index contributed by atoms with van der Waals surface area (Å²) in [5.74, 6) is 0.384. The molecule has 1 aromatic heterocycles. The standard InChI is InChI=1S/C17H23N3OS/c1-5-15-19-20-17(22-15)18-16(21)12(4)14-8-6-13(7-9-14)10-11(2)3/h6-9,11-12H,5,10H2,1-4H3,(H,18,20,21)/t12-/m1/s1. The molecule has 1 aromatic carbocycles. The molecular weight excluding hydrogens is 294 g/mol. The predicted molar refractivity (Wildman–Crippen MR) is 91.3 cm³/mol. The minimum atomic E-state index is -0.206. The molecule has 0 aliphatic rings. The van der Waals surface area contributed by atoms with Gasteiger partial charge in [0.25, 0.3) is 0 Å². The van der Waals surface area contributed by atoms with Crippen LogP contribution in [0.2, 0.25) is 0 Å². The van der Waals surface area contributed by atoms with E-state index in [4.69, 9.17) is 0 Å². The van der Waals surface area contributed by atoms with E-state index in [0.29, 0.717) is 11.0 Å². The summed E-state index contributed by atoms with van der Waals surface area (Å²) in [5.41, 5.74) is 2.33. The third-order valence-corrected chi connectivity index (χ3v) is 4.50. The van der Waals surface area contributed by atoms with Crippen LogP contribution in [0.5, 0.6) is 0 Å². The maximum Gasteiger partial charge on any atom is 0.233 e. The second kappa shape index (κ2) is 7.49. The van der Waals surface area contributed by atoms with Crippen molar-refractivity contribution in [2.45, 2.75) is 46.5 Å². The third-order valence-electron chi connectivity index (χ3n) is 3.52. The number of benzene rings is 1. The molecule has 118 valence electrons. The van der Waals surface area contributed by atoms with Gasteiger partial charge >= 0.3 is 0 Å². The fraction of sp³-hybridized carbons (Fsp3) is 0.471. The van der Waals surface area contributed by atoms with Gasteiger partial charge in [-0.3, -0.25) is 4.79 Å². The Morgan fingerprint density at radius 3 is 2.41 bits per heavy atom. The van der Waals surface area contributed by atoms with Crippen LogP contribution in [0.1, 0.15) is 49.7 Å². The number of rotatable bonds is 6. The summed E-state index contributed by atoms with van der Waals surface area (Å²) in [6.45, 7) is 8.34. The summed E-state index contributed by atoms with van der Waals surface area (Å²) in [6, 6.07) is 8.30. The molecule has 0 aliphatic heterocycles. The van der Waals surface area contributed by atoms with Crippen LogP contribution in [-0.4, -0.2) is 16.1 Å². The summed E-state index contributed by atoms with van der Waals surface area (Å²) in [4.78, 5) is 12.3. The van der Waals surface area contributed by atoms with Crippen LogP contribution < -0.4 is 5.32 Å². The lowest BCUT2D eigenvalue weighted by Gasteiger charge is -2.12. The van der Waals surface area contributed by atoms with Crippen LogP contribution in [0.25, 0.3) is 0 Å².